The lowest BCUT2D eigenvalue weighted by Gasteiger charge is -2.23. The third-order valence-electron chi connectivity index (χ3n) is 4.27. The number of hydrogen-bond donors (Lipinski definition) is 4. The average Bonchev–Trinajstić information content (AvgIpc) is 3.20. The van der Waals surface area contributed by atoms with Crippen LogP contribution < -0.4 is 16.9 Å². The highest BCUT2D eigenvalue weighted by Crippen LogP contribution is 2.24. The lowest BCUT2D eigenvalue weighted by atomic mass is 10.1. The molecule has 0 amide bonds. The van der Waals surface area contributed by atoms with Crippen molar-refractivity contribution >= 4 is 17.3 Å². The molecule has 0 aliphatic rings. The van der Waals surface area contributed by atoms with E-state index in [1.54, 1.807) is 18.3 Å². The second-order valence-electron chi connectivity index (χ2n) is 6.35. The smallest absolute Gasteiger partial charge is 0.200 e. The van der Waals surface area contributed by atoms with Crippen molar-refractivity contribution in [2.75, 3.05) is 18.7 Å². The van der Waals surface area contributed by atoms with Crippen molar-refractivity contribution in [1.82, 2.24) is 15.0 Å². The van der Waals surface area contributed by atoms with Crippen molar-refractivity contribution in [3.8, 4) is 0 Å². The van der Waals surface area contributed by atoms with Crippen molar-refractivity contribution in [2.24, 2.45) is 11.6 Å². The van der Waals surface area contributed by atoms with Gasteiger partial charge in [-0.2, -0.15) is 0 Å². The number of nitrogens with one attached hydrogen (secondary N) is 2. The molecule has 1 aromatic heterocycles. The number of benzene rings is 2. The van der Waals surface area contributed by atoms with Crippen molar-refractivity contribution < 1.29 is 9.13 Å². The molecule has 1 heterocycles. The van der Waals surface area contributed by atoms with Crippen LogP contribution in [0.4, 0.5) is 10.3 Å². The van der Waals surface area contributed by atoms with Crippen LogP contribution in [0, 0.1) is 5.82 Å². The zero-order valence-electron chi connectivity index (χ0n) is 16.2. The second-order valence-corrected chi connectivity index (χ2v) is 6.35. The summed E-state index contributed by atoms with van der Waals surface area (Å²) >= 11 is 0. The van der Waals surface area contributed by atoms with E-state index >= 15 is 0 Å². The fourth-order valence-electron chi connectivity index (χ4n) is 2.79. The number of aromatic amines is 1. The van der Waals surface area contributed by atoms with Gasteiger partial charge in [0, 0.05) is 13.2 Å². The first-order valence-corrected chi connectivity index (χ1v) is 9.27. The van der Waals surface area contributed by atoms with E-state index in [4.69, 9.17) is 16.3 Å². The summed E-state index contributed by atoms with van der Waals surface area (Å²) in [7, 11) is 0. The first kappa shape index (κ1) is 20.4. The third-order valence-corrected chi connectivity index (χ3v) is 4.27. The summed E-state index contributed by atoms with van der Waals surface area (Å²) < 4.78 is 18.7. The third kappa shape index (κ3) is 5.34. The number of rotatable bonds is 9. The zero-order chi connectivity index (χ0) is 20.6. The molecular formula is C21H25FN6O. The molecule has 0 atom stereocenters. The van der Waals surface area contributed by atoms with Crippen LogP contribution >= 0.6 is 0 Å². The van der Waals surface area contributed by atoms with E-state index in [9.17, 15) is 4.39 Å². The molecule has 7 nitrogen and oxygen atoms in total. The van der Waals surface area contributed by atoms with E-state index < -0.39 is 0 Å². The summed E-state index contributed by atoms with van der Waals surface area (Å²) in [4.78, 5) is 7.56. The average molecular weight is 396 g/mol. The van der Waals surface area contributed by atoms with Crippen LogP contribution in [-0.2, 0) is 11.3 Å². The summed E-state index contributed by atoms with van der Waals surface area (Å²) in [6, 6.07) is 15.9. The Morgan fingerprint density at radius 3 is 2.59 bits per heavy atom. The van der Waals surface area contributed by atoms with Gasteiger partial charge in [-0.15, -0.1) is 0 Å². The Morgan fingerprint density at radius 1 is 1.17 bits per heavy atom. The number of hydrazine groups is 1. The number of ether oxygens (including phenoxy) is 1. The van der Waals surface area contributed by atoms with E-state index in [-0.39, 0.29) is 12.5 Å². The van der Waals surface area contributed by atoms with Crippen LogP contribution in [0.5, 0.6) is 0 Å². The lowest BCUT2D eigenvalue weighted by molar-refractivity contribution is 0.0686. The SMILES string of the molecule is CCOCN(N)/C(=C(\N)c1ccc(F)cc1)c1cnc(NCc2ccccc2)[nH]1. The number of H-pyrrole nitrogens is 1. The molecule has 0 aliphatic carbocycles. The molecule has 152 valence electrons. The minimum Gasteiger partial charge on any atom is -0.396 e. The summed E-state index contributed by atoms with van der Waals surface area (Å²) in [5, 5.41) is 4.63. The number of nitrogens with zero attached hydrogens (tertiary/aromatic N) is 2. The van der Waals surface area contributed by atoms with Crippen LogP contribution in [0.25, 0.3) is 11.4 Å². The Hall–Kier alpha value is -3.36. The van der Waals surface area contributed by atoms with Crippen molar-refractivity contribution in [2.45, 2.75) is 13.5 Å². The molecule has 0 unspecified atom stereocenters. The Labute approximate surface area is 169 Å². The van der Waals surface area contributed by atoms with Gasteiger partial charge in [0.1, 0.15) is 18.2 Å². The molecule has 0 bridgehead atoms. The summed E-state index contributed by atoms with van der Waals surface area (Å²) in [5.41, 5.74) is 9.65. The van der Waals surface area contributed by atoms with Gasteiger partial charge in [0.25, 0.3) is 0 Å². The van der Waals surface area contributed by atoms with Gasteiger partial charge in [-0.3, -0.25) is 5.01 Å². The molecule has 3 rings (SSSR count). The predicted molar refractivity (Wildman–Crippen MR) is 112 cm³/mol. The molecule has 0 saturated carbocycles. The minimum absolute atomic E-state index is 0.138. The van der Waals surface area contributed by atoms with Gasteiger partial charge < -0.3 is 20.8 Å². The van der Waals surface area contributed by atoms with Gasteiger partial charge in [0.15, 0.2) is 0 Å². The van der Waals surface area contributed by atoms with Crippen LogP contribution in [0.15, 0.2) is 60.8 Å². The number of aromatic nitrogens is 2. The summed E-state index contributed by atoms with van der Waals surface area (Å²) in [6.07, 6.45) is 1.64. The molecule has 0 spiro atoms. The highest BCUT2D eigenvalue weighted by atomic mass is 19.1. The number of imidazole rings is 1. The van der Waals surface area contributed by atoms with E-state index in [1.165, 1.54) is 17.1 Å². The molecule has 6 N–H and O–H groups in total. The molecular weight excluding hydrogens is 371 g/mol. The van der Waals surface area contributed by atoms with Gasteiger partial charge in [-0.1, -0.05) is 30.3 Å². The van der Waals surface area contributed by atoms with Gasteiger partial charge >= 0.3 is 0 Å². The van der Waals surface area contributed by atoms with Gasteiger partial charge in [0.05, 0.1) is 17.6 Å². The fourth-order valence-corrected chi connectivity index (χ4v) is 2.79. The summed E-state index contributed by atoms with van der Waals surface area (Å²) in [5.74, 6) is 6.45. The Balaban J connectivity index is 1.87. The molecule has 0 fully saturated rings. The minimum atomic E-state index is -0.337. The Bertz CT molecular complexity index is 939. The maximum absolute atomic E-state index is 13.3. The summed E-state index contributed by atoms with van der Waals surface area (Å²) in [6.45, 7) is 3.14. The van der Waals surface area contributed by atoms with Crippen molar-refractivity contribution in [3.05, 3.63) is 83.4 Å². The predicted octanol–water partition coefficient (Wildman–Crippen LogP) is 3.12. The van der Waals surface area contributed by atoms with E-state index in [2.05, 4.69) is 15.3 Å². The number of hydrogen-bond acceptors (Lipinski definition) is 6. The maximum atomic E-state index is 13.3. The molecule has 3 aromatic rings. The molecule has 29 heavy (non-hydrogen) atoms. The number of nitrogens with two attached hydrogens (primary N) is 2. The van der Waals surface area contributed by atoms with Gasteiger partial charge in [-0.05, 0) is 42.3 Å². The second kappa shape index (κ2) is 9.72. The normalized spacial score (nSPS) is 11.8. The van der Waals surface area contributed by atoms with Crippen LogP contribution in [0.3, 0.4) is 0 Å². The molecule has 0 radical (unpaired) electrons. The van der Waals surface area contributed by atoms with Gasteiger partial charge in [0.2, 0.25) is 5.95 Å². The number of halogens is 1. The molecule has 8 heteroatoms. The van der Waals surface area contributed by atoms with Crippen molar-refractivity contribution in [3.63, 3.8) is 0 Å². The standard InChI is InChI=1S/C21H25FN6O/c1-2-29-14-28(24)20(19(23)16-8-10-17(22)11-9-16)18-13-26-21(27-18)25-12-15-6-4-3-5-7-15/h3-11,13H,2,12,14,23-24H2,1H3,(H2,25,26,27)/b20-19-. The van der Waals surface area contributed by atoms with Crippen LogP contribution in [-0.4, -0.2) is 28.3 Å². The van der Waals surface area contributed by atoms with Crippen LogP contribution in [0.2, 0.25) is 0 Å². The molecule has 2 aromatic carbocycles. The Morgan fingerprint density at radius 2 is 1.90 bits per heavy atom. The first-order valence-electron chi connectivity index (χ1n) is 9.27. The highest BCUT2D eigenvalue weighted by Gasteiger charge is 2.17. The maximum Gasteiger partial charge on any atom is 0.200 e. The van der Waals surface area contributed by atoms with Crippen molar-refractivity contribution in [1.29, 1.82) is 0 Å². The monoisotopic (exact) mass is 396 g/mol. The topological polar surface area (TPSA) is 105 Å². The lowest BCUT2D eigenvalue weighted by Crippen LogP contribution is -2.33. The molecule has 0 saturated heterocycles. The quantitative estimate of drug-likeness (QED) is 0.252. The van der Waals surface area contributed by atoms with Crippen LogP contribution in [0.1, 0.15) is 23.7 Å². The highest BCUT2D eigenvalue weighted by molar-refractivity contribution is 5.87. The molecule has 0 aliphatic heterocycles. The van der Waals surface area contributed by atoms with E-state index in [0.717, 1.165) is 5.56 Å². The number of anilines is 1. The van der Waals surface area contributed by atoms with Gasteiger partial charge in [-0.25, -0.2) is 15.2 Å². The fraction of sp³-hybridized carbons (Fsp3) is 0.190. The first-order chi connectivity index (χ1) is 14.1. The zero-order valence-corrected chi connectivity index (χ0v) is 16.2. The van der Waals surface area contributed by atoms with E-state index in [1.807, 2.05) is 37.3 Å². The van der Waals surface area contributed by atoms with E-state index in [0.29, 0.717) is 41.8 Å². The Kier molecular flexibility index (Phi) is 6.83. The largest absolute Gasteiger partial charge is 0.396 e.